The maximum atomic E-state index is 12.6. The molecule has 0 bridgehead atoms. The molecule has 0 aliphatic heterocycles. The molecule has 122 valence electrons. The Morgan fingerprint density at radius 1 is 1.17 bits per heavy atom. The second-order valence-electron chi connectivity index (χ2n) is 5.29. The zero-order chi connectivity index (χ0) is 17.0. The van der Waals surface area contributed by atoms with E-state index in [1.54, 1.807) is 12.1 Å². The zero-order valence-electron chi connectivity index (χ0n) is 12.6. The highest BCUT2D eigenvalue weighted by Gasteiger charge is 2.25. The van der Waals surface area contributed by atoms with Crippen molar-refractivity contribution in [2.75, 3.05) is 5.32 Å². The number of rotatable bonds is 5. The maximum Gasteiger partial charge on any atom is 0.262 e. The Balaban J connectivity index is 2.12. The van der Waals surface area contributed by atoms with Crippen LogP contribution in [0, 0.1) is 5.92 Å². The monoisotopic (exact) mass is 458 g/mol. The molecule has 0 fully saturated rings. The second-order valence-corrected chi connectivity index (χ2v) is 8.00. The summed E-state index contributed by atoms with van der Waals surface area (Å²) in [7, 11) is 0. The fraction of sp³-hybridized carbons (Fsp3) is 0.250. The van der Waals surface area contributed by atoms with Crippen LogP contribution in [0.1, 0.15) is 23.5 Å². The van der Waals surface area contributed by atoms with Crippen molar-refractivity contribution >= 4 is 60.7 Å². The highest BCUT2D eigenvalue weighted by molar-refractivity contribution is 9.11. The summed E-state index contributed by atoms with van der Waals surface area (Å²) in [6.07, 6.45) is 0. The minimum atomic E-state index is -0.615. The first-order valence-corrected chi connectivity index (χ1v) is 9.45. The van der Waals surface area contributed by atoms with Crippen LogP contribution in [0.15, 0.2) is 44.7 Å². The fourth-order valence-corrected chi connectivity index (χ4v) is 3.29. The first kappa shape index (κ1) is 18.2. The number of hydrogen-bond acceptors (Lipinski definition) is 3. The van der Waals surface area contributed by atoms with E-state index in [4.69, 9.17) is 0 Å². The van der Waals surface area contributed by atoms with E-state index < -0.39 is 6.04 Å². The van der Waals surface area contributed by atoms with Gasteiger partial charge in [0.2, 0.25) is 5.91 Å². The van der Waals surface area contributed by atoms with E-state index in [0.29, 0.717) is 10.6 Å². The highest BCUT2D eigenvalue weighted by atomic mass is 79.9. The van der Waals surface area contributed by atoms with Crippen molar-refractivity contribution in [3.63, 3.8) is 0 Å². The van der Waals surface area contributed by atoms with Gasteiger partial charge in [0.15, 0.2) is 0 Å². The molecular weight excluding hydrogens is 444 g/mol. The highest BCUT2D eigenvalue weighted by Crippen LogP contribution is 2.26. The molecule has 2 aromatic rings. The van der Waals surface area contributed by atoms with Crippen molar-refractivity contribution in [1.29, 1.82) is 0 Å². The predicted octanol–water partition coefficient (Wildman–Crippen LogP) is 4.67. The van der Waals surface area contributed by atoms with Gasteiger partial charge in [0.25, 0.3) is 5.91 Å². The van der Waals surface area contributed by atoms with Gasteiger partial charge in [-0.25, -0.2) is 0 Å². The lowest BCUT2D eigenvalue weighted by molar-refractivity contribution is -0.118. The Hall–Kier alpha value is -1.18. The third-order valence-corrected chi connectivity index (χ3v) is 5.22. The van der Waals surface area contributed by atoms with Crippen LogP contribution < -0.4 is 10.6 Å². The smallest absolute Gasteiger partial charge is 0.262 e. The van der Waals surface area contributed by atoms with E-state index in [1.807, 2.05) is 37.4 Å². The van der Waals surface area contributed by atoms with Crippen LogP contribution in [0.25, 0.3) is 0 Å². The van der Waals surface area contributed by atoms with Crippen molar-refractivity contribution in [3.05, 3.63) is 49.5 Å². The molecule has 0 aliphatic rings. The van der Waals surface area contributed by atoms with E-state index in [2.05, 4.69) is 42.5 Å². The molecule has 0 saturated carbocycles. The summed E-state index contributed by atoms with van der Waals surface area (Å²) in [6, 6.07) is 8.45. The van der Waals surface area contributed by atoms with Crippen LogP contribution >= 0.6 is 43.2 Å². The number of carbonyl (C=O) groups is 2. The Bertz CT molecular complexity index is 702. The van der Waals surface area contributed by atoms with Gasteiger partial charge in [-0.15, -0.1) is 11.3 Å². The van der Waals surface area contributed by atoms with Gasteiger partial charge in [-0.3, -0.25) is 9.59 Å². The third-order valence-electron chi connectivity index (χ3n) is 3.17. The lowest BCUT2D eigenvalue weighted by Gasteiger charge is -2.22. The van der Waals surface area contributed by atoms with Gasteiger partial charge < -0.3 is 10.6 Å². The van der Waals surface area contributed by atoms with Gasteiger partial charge in [0.1, 0.15) is 6.04 Å². The van der Waals surface area contributed by atoms with E-state index >= 15 is 0 Å². The number of anilines is 1. The Morgan fingerprint density at radius 2 is 1.91 bits per heavy atom. The average Bonchev–Trinajstić information content (AvgIpc) is 3.02. The van der Waals surface area contributed by atoms with Gasteiger partial charge in [0, 0.05) is 8.95 Å². The Morgan fingerprint density at radius 3 is 2.52 bits per heavy atom. The molecule has 0 saturated heterocycles. The summed E-state index contributed by atoms with van der Waals surface area (Å²) >= 11 is 8.13. The summed E-state index contributed by atoms with van der Waals surface area (Å²) in [6.45, 7) is 3.80. The normalized spacial score (nSPS) is 12.0. The number of thiophene rings is 1. The lowest BCUT2D eigenvalue weighted by atomic mass is 10.0. The van der Waals surface area contributed by atoms with Crippen LogP contribution in [0.4, 0.5) is 5.69 Å². The van der Waals surface area contributed by atoms with Gasteiger partial charge in [-0.1, -0.05) is 35.8 Å². The van der Waals surface area contributed by atoms with Gasteiger partial charge in [-0.2, -0.15) is 0 Å². The third kappa shape index (κ3) is 4.89. The molecule has 1 unspecified atom stereocenters. The topological polar surface area (TPSA) is 58.2 Å². The van der Waals surface area contributed by atoms with Crippen LogP contribution in [-0.2, 0) is 4.79 Å². The van der Waals surface area contributed by atoms with Crippen molar-refractivity contribution in [2.24, 2.45) is 5.92 Å². The van der Waals surface area contributed by atoms with Crippen molar-refractivity contribution in [3.8, 4) is 0 Å². The molecule has 2 rings (SSSR count). The number of carbonyl (C=O) groups excluding carboxylic acids is 2. The fourth-order valence-electron chi connectivity index (χ4n) is 1.96. The standard InChI is InChI=1S/C16H16Br2N2O2S/c1-9(2)14(20-15(21)13-4-3-7-23-13)16(22)19-12-8-10(17)5-6-11(12)18/h3-9,14H,1-2H3,(H,19,22)(H,20,21). The molecule has 1 atom stereocenters. The van der Waals surface area contributed by atoms with E-state index in [0.717, 1.165) is 8.95 Å². The Kier molecular flexibility index (Phi) is 6.38. The van der Waals surface area contributed by atoms with Crippen molar-refractivity contribution < 1.29 is 9.59 Å². The molecule has 0 spiro atoms. The molecular formula is C16H16Br2N2O2S. The molecule has 7 heteroatoms. The van der Waals surface area contributed by atoms with E-state index in [-0.39, 0.29) is 17.7 Å². The molecule has 23 heavy (non-hydrogen) atoms. The number of nitrogens with one attached hydrogen (secondary N) is 2. The molecule has 2 amide bonds. The summed E-state index contributed by atoms with van der Waals surface area (Å²) in [5.74, 6) is -0.518. The number of amides is 2. The van der Waals surface area contributed by atoms with Crippen molar-refractivity contribution in [2.45, 2.75) is 19.9 Å². The lowest BCUT2D eigenvalue weighted by Crippen LogP contribution is -2.47. The SMILES string of the molecule is CC(C)C(NC(=O)c1cccs1)C(=O)Nc1cc(Br)ccc1Br. The minimum absolute atomic E-state index is 0.0372. The van der Waals surface area contributed by atoms with Crippen LogP contribution in [0.2, 0.25) is 0 Å². The van der Waals surface area contributed by atoms with Crippen LogP contribution in [-0.4, -0.2) is 17.9 Å². The molecule has 0 aliphatic carbocycles. The number of halogens is 2. The largest absolute Gasteiger partial charge is 0.339 e. The average molecular weight is 460 g/mol. The van der Waals surface area contributed by atoms with Crippen LogP contribution in [0.3, 0.4) is 0 Å². The van der Waals surface area contributed by atoms with Crippen molar-refractivity contribution in [1.82, 2.24) is 5.32 Å². The summed E-state index contributed by atoms with van der Waals surface area (Å²) < 4.78 is 1.64. The summed E-state index contributed by atoms with van der Waals surface area (Å²) in [5, 5.41) is 7.49. The summed E-state index contributed by atoms with van der Waals surface area (Å²) in [4.78, 5) is 25.4. The molecule has 4 nitrogen and oxygen atoms in total. The van der Waals surface area contributed by atoms with E-state index in [9.17, 15) is 9.59 Å². The minimum Gasteiger partial charge on any atom is -0.339 e. The molecule has 1 aromatic heterocycles. The predicted molar refractivity (Wildman–Crippen MR) is 101 cm³/mol. The molecule has 1 heterocycles. The first-order chi connectivity index (χ1) is 10.9. The first-order valence-electron chi connectivity index (χ1n) is 6.98. The summed E-state index contributed by atoms with van der Waals surface area (Å²) in [5.41, 5.74) is 0.653. The zero-order valence-corrected chi connectivity index (χ0v) is 16.6. The van der Waals surface area contributed by atoms with Gasteiger partial charge >= 0.3 is 0 Å². The second kappa shape index (κ2) is 8.08. The van der Waals surface area contributed by atoms with E-state index in [1.165, 1.54) is 11.3 Å². The maximum absolute atomic E-state index is 12.6. The molecule has 1 aromatic carbocycles. The van der Waals surface area contributed by atoms with Gasteiger partial charge in [0.05, 0.1) is 10.6 Å². The Labute approximate surface area is 155 Å². The quantitative estimate of drug-likeness (QED) is 0.682. The molecule has 2 N–H and O–H groups in total. The number of benzene rings is 1. The number of hydrogen-bond donors (Lipinski definition) is 2. The molecule has 0 radical (unpaired) electrons. The van der Waals surface area contributed by atoms with Crippen LogP contribution in [0.5, 0.6) is 0 Å². The van der Waals surface area contributed by atoms with Gasteiger partial charge in [-0.05, 0) is 51.5 Å².